The highest BCUT2D eigenvalue weighted by molar-refractivity contribution is 5.92. The highest BCUT2D eigenvalue weighted by atomic mass is 16.6. The summed E-state index contributed by atoms with van der Waals surface area (Å²) in [6.07, 6.45) is 7.63. The summed E-state index contributed by atoms with van der Waals surface area (Å²) in [6.45, 7) is 6.46. The molecule has 6 atom stereocenters. The third-order valence-electron chi connectivity index (χ3n) is 5.94. The normalized spacial score (nSPS) is 34.8. The van der Waals surface area contributed by atoms with Gasteiger partial charge in [0.15, 0.2) is 0 Å². The van der Waals surface area contributed by atoms with E-state index in [2.05, 4.69) is 24.9 Å². The lowest BCUT2D eigenvalue weighted by Crippen LogP contribution is -2.40. The zero-order valence-corrected chi connectivity index (χ0v) is 15.0. The summed E-state index contributed by atoms with van der Waals surface area (Å²) in [5.41, 5.74) is 6.44. The fraction of sp³-hybridized carbons (Fsp3) is 0.550. The molecule has 0 spiro atoms. The first kappa shape index (κ1) is 17.6. The predicted molar refractivity (Wildman–Crippen MR) is 95.4 cm³/mol. The lowest BCUT2D eigenvalue weighted by atomic mass is 9.61. The Morgan fingerprint density at radius 2 is 2.16 bits per heavy atom. The number of rotatable bonds is 4. The van der Waals surface area contributed by atoms with Gasteiger partial charge in [-0.3, -0.25) is 14.6 Å². The molecular weight excluding hydrogens is 316 g/mol. The number of nitrogens with zero attached hydrogens (tertiary/aromatic N) is 1. The van der Waals surface area contributed by atoms with Crippen molar-refractivity contribution < 1.29 is 14.3 Å². The van der Waals surface area contributed by atoms with E-state index >= 15 is 0 Å². The number of allylic oxidation sites excluding steroid dienone is 1. The maximum atomic E-state index is 12.2. The summed E-state index contributed by atoms with van der Waals surface area (Å²) in [5.74, 6) is 1.03. The zero-order valence-electron chi connectivity index (χ0n) is 15.0. The second-order valence-corrected chi connectivity index (χ2v) is 7.38. The molecule has 2 heterocycles. The van der Waals surface area contributed by atoms with Crippen LogP contribution < -0.4 is 5.73 Å². The van der Waals surface area contributed by atoms with Gasteiger partial charge in [-0.25, -0.2) is 0 Å². The van der Waals surface area contributed by atoms with Crippen LogP contribution in [-0.2, 0) is 9.53 Å². The SMILES string of the molecule is CC[C@H]1[C@H](/C=C/c2ccc(C(N)=O)cn2)[C@@H]2[C@@H](C)OC(=O)[C@@H]2C[C@@H]1C. The molecule has 5 nitrogen and oxygen atoms in total. The lowest BCUT2D eigenvalue weighted by molar-refractivity contribution is -0.144. The molecule has 1 aromatic heterocycles. The molecular formula is C20H26N2O3. The van der Waals surface area contributed by atoms with Gasteiger partial charge in [-0.2, -0.15) is 0 Å². The van der Waals surface area contributed by atoms with E-state index in [0.29, 0.717) is 17.4 Å². The number of pyridine rings is 1. The summed E-state index contributed by atoms with van der Waals surface area (Å²) in [6, 6.07) is 3.48. The van der Waals surface area contributed by atoms with E-state index in [1.165, 1.54) is 6.20 Å². The maximum absolute atomic E-state index is 12.2. The van der Waals surface area contributed by atoms with Crippen LogP contribution in [0.3, 0.4) is 0 Å². The minimum absolute atomic E-state index is 0.00708. The molecule has 134 valence electrons. The Morgan fingerprint density at radius 1 is 1.40 bits per heavy atom. The standard InChI is InChI=1S/C20H26N2O3/c1-4-15-11(2)9-17-18(12(3)25-20(17)24)16(15)8-7-14-6-5-13(10-22-14)19(21)23/h5-8,10-12,15-18H,4,9H2,1-3H3,(H2,21,23)/b8-7+/t11-,12+,15+,16-,17+,18-/m0/s1. The number of hydrogen-bond acceptors (Lipinski definition) is 4. The van der Waals surface area contributed by atoms with Crippen LogP contribution in [-0.4, -0.2) is 23.0 Å². The minimum atomic E-state index is -0.478. The number of cyclic esters (lactones) is 1. The molecule has 0 aromatic carbocycles. The van der Waals surface area contributed by atoms with Gasteiger partial charge < -0.3 is 10.5 Å². The number of amides is 1. The van der Waals surface area contributed by atoms with Gasteiger partial charge in [0.2, 0.25) is 5.91 Å². The molecule has 0 bridgehead atoms. The summed E-state index contributed by atoms with van der Waals surface area (Å²) < 4.78 is 5.53. The smallest absolute Gasteiger partial charge is 0.309 e. The number of primary amides is 1. The van der Waals surface area contributed by atoms with Crippen LogP contribution >= 0.6 is 0 Å². The van der Waals surface area contributed by atoms with Crippen LogP contribution in [0.5, 0.6) is 0 Å². The second kappa shape index (κ2) is 6.98. The summed E-state index contributed by atoms with van der Waals surface area (Å²) in [5, 5.41) is 0. The molecule has 3 rings (SSSR count). The van der Waals surface area contributed by atoms with Crippen molar-refractivity contribution in [1.82, 2.24) is 4.98 Å². The van der Waals surface area contributed by atoms with Gasteiger partial charge in [0.1, 0.15) is 6.10 Å². The van der Waals surface area contributed by atoms with Gasteiger partial charge in [0.05, 0.1) is 17.2 Å². The van der Waals surface area contributed by atoms with Gasteiger partial charge in [0, 0.05) is 12.1 Å². The van der Waals surface area contributed by atoms with Gasteiger partial charge in [-0.05, 0) is 49.3 Å². The molecule has 1 aliphatic carbocycles. The molecule has 5 heteroatoms. The Labute approximate surface area is 148 Å². The number of nitrogens with two attached hydrogens (primary N) is 1. The zero-order chi connectivity index (χ0) is 18.1. The lowest BCUT2D eigenvalue weighted by Gasteiger charge is -2.41. The van der Waals surface area contributed by atoms with E-state index in [0.717, 1.165) is 18.5 Å². The minimum Gasteiger partial charge on any atom is -0.462 e. The van der Waals surface area contributed by atoms with Gasteiger partial charge in [-0.15, -0.1) is 0 Å². The summed E-state index contributed by atoms with van der Waals surface area (Å²) in [7, 11) is 0. The third-order valence-corrected chi connectivity index (χ3v) is 5.94. The summed E-state index contributed by atoms with van der Waals surface area (Å²) in [4.78, 5) is 27.6. The molecule has 1 aliphatic heterocycles. The van der Waals surface area contributed by atoms with Crippen molar-refractivity contribution in [2.45, 2.75) is 39.7 Å². The van der Waals surface area contributed by atoms with E-state index in [9.17, 15) is 9.59 Å². The number of aromatic nitrogens is 1. The third kappa shape index (κ3) is 3.32. The quantitative estimate of drug-likeness (QED) is 0.853. The number of carbonyl (C=O) groups is 2. The number of ether oxygens (including phenoxy) is 1. The number of fused-ring (bicyclic) bond motifs is 1. The molecule has 1 amide bonds. The van der Waals surface area contributed by atoms with Crippen LogP contribution in [0.15, 0.2) is 24.4 Å². The first-order valence-corrected chi connectivity index (χ1v) is 9.07. The number of hydrogen-bond donors (Lipinski definition) is 1. The topological polar surface area (TPSA) is 82.3 Å². The fourth-order valence-corrected chi connectivity index (χ4v) is 4.71. The molecule has 0 unspecified atom stereocenters. The van der Waals surface area contributed by atoms with E-state index in [1.54, 1.807) is 12.1 Å². The van der Waals surface area contributed by atoms with E-state index < -0.39 is 5.91 Å². The molecule has 25 heavy (non-hydrogen) atoms. The summed E-state index contributed by atoms with van der Waals surface area (Å²) >= 11 is 0. The van der Waals surface area contributed by atoms with Gasteiger partial charge in [-0.1, -0.05) is 26.3 Å². The van der Waals surface area contributed by atoms with E-state index in [1.807, 2.05) is 13.0 Å². The molecule has 2 aliphatic rings. The van der Waals surface area contributed by atoms with Crippen molar-refractivity contribution in [3.8, 4) is 0 Å². The molecule has 1 aromatic rings. The van der Waals surface area contributed by atoms with Crippen molar-refractivity contribution in [2.75, 3.05) is 0 Å². The van der Waals surface area contributed by atoms with Crippen molar-refractivity contribution in [1.29, 1.82) is 0 Å². The van der Waals surface area contributed by atoms with Crippen LogP contribution in [0.1, 0.15) is 49.7 Å². The maximum Gasteiger partial charge on any atom is 0.309 e. The predicted octanol–water partition coefficient (Wildman–Crippen LogP) is 3.05. The van der Waals surface area contributed by atoms with Crippen LogP contribution in [0.4, 0.5) is 0 Å². The van der Waals surface area contributed by atoms with Crippen molar-refractivity contribution in [2.24, 2.45) is 35.3 Å². The molecule has 2 fully saturated rings. The number of carbonyl (C=O) groups excluding carboxylic acids is 2. The average Bonchev–Trinajstić information content (AvgIpc) is 2.86. The molecule has 2 N–H and O–H groups in total. The fourth-order valence-electron chi connectivity index (χ4n) is 4.71. The van der Waals surface area contributed by atoms with Crippen molar-refractivity contribution >= 4 is 18.0 Å². The molecule has 1 saturated carbocycles. The second-order valence-electron chi connectivity index (χ2n) is 7.38. The largest absolute Gasteiger partial charge is 0.462 e. The average molecular weight is 342 g/mol. The Balaban J connectivity index is 1.86. The van der Waals surface area contributed by atoms with Crippen molar-refractivity contribution in [3.05, 3.63) is 35.7 Å². The van der Waals surface area contributed by atoms with E-state index in [-0.39, 0.29) is 29.8 Å². The Bertz CT molecular complexity index is 683. The first-order valence-electron chi connectivity index (χ1n) is 9.07. The Kier molecular flexibility index (Phi) is 4.93. The highest BCUT2D eigenvalue weighted by Gasteiger charge is 2.52. The van der Waals surface area contributed by atoms with Gasteiger partial charge >= 0.3 is 5.97 Å². The first-order chi connectivity index (χ1) is 11.9. The van der Waals surface area contributed by atoms with Crippen molar-refractivity contribution in [3.63, 3.8) is 0 Å². The van der Waals surface area contributed by atoms with Gasteiger partial charge in [0.25, 0.3) is 0 Å². The van der Waals surface area contributed by atoms with Crippen LogP contribution in [0.2, 0.25) is 0 Å². The van der Waals surface area contributed by atoms with E-state index in [4.69, 9.17) is 10.5 Å². The Morgan fingerprint density at radius 3 is 2.76 bits per heavy atom. The monoisotopic (exact) mass is 342 g/mol. The highest BCUT2D eigenvalue weighted by Crippen LogP contribution is 2.50. The van der Waals surface area contributed by atoms with Crippen LogP contribution in [0.25, 0.3) is 6.08 Å². The molecule has 1 saturated heterocycles. The Hall–Kier alpha value is -2.17. The van der Waals surface area contributed by atoms with Crippen LogP contribution in [0, 0.1) is 29.6 Å². The number of esters is 1. The molecule has 0 radical (unpaired) electrons.